The van der Waals surface area contributed by atoms with Gasteiger partial charge in [0.15, 0.2) is 0 Å². The molecule has 1 saturated heterocycles. The summed E-state index contributed by atoms with van der Waals surface area (Å²) in [5, 5.41) is 3.11. The van der Waals surface area contributed by atoms with Gasteiger partial charge in [0.25, 0.3) is 5.91 Å². The van der Waals surface area contributed by atoms with Gasteiger partial charge in [-0.3, -0.25) is 9.69 Å². The number of ether oxygens (including phenoxy) is 1. The largest absolute Gasteiger partial charge is 0.468 e. The summed E-state index contributed by atoms with van der Waals surface area (Å²) in [6.07, 6.45) is 7.23. The molecule has 9 heteroatoms. The molecular weight excluding hydrogens is 430 g/mol. The standard InChI is InChI=1S/C23H31N3O5S/c27-22(24-18-23(10-2-1-3-11-23)26-12-15-30-16-13-26)19-6-8-21(9-7-19)32(28,29)25-17-20-5-4-14-31-20/h4-9,14,25H,1-3,10-13,15-18H2,(H,24,27). The third kappa shape index (κ3) is 5.40. The smallest absolute Gasteiger partial charge is 0.251 e. The number of nitrogens with one attached hydrogen (secondary N) is 2. The van der Waals surface area contributed by atoms with E-state index in [4.69, 9.17) is 9.15 Å². The maximum absolute atomic E-state index is 12.8. The highest BCUT2D eigenvalue weighted by Crippen LogP contribution is 2.34. The normalized spacial score (nSPS) is 19.5. The lowest BCUT2D eigenvalue weighted by Crippen LogP contribution is -2.59. The van der Waals surface area contributed by atoms with Crippen molar-refractivity contribution in [3.8, 4) is 0 Å². The van der Waals surface area contributed by atoms with Crippen LogP contribution in [0.25, 0.3) is 0 Å². The van der Waals surface area contributed by atoms with E-state index in [0.29, 0.717) is 17.9 Å². The molecule has 0 atom stereocenters. The summed E-state index contributed by atoms with van der Waals surface area (Å²) >= 11 is 0. The van der Waals surface area contributed by atoms with Crippen molar-refractivity contribution in [1.82, 2.24) is 14.9 Å². The zero-order chi connectivity index (χ0) is 22.4. The van der Waals surface area contributed by atoms with Crippen LogP contribution in [0.15, 0.2) is 52.0 Å². The number of furan rings is 1. The Morgan fingerprint density at radius 2 is 1.75 bits per heavy atom. The number of nitrogens with zero attached hydrogens (tertiary/aromatic N) is 1. The Hall–Kier alpha value is -2.20. The molecule has 32 heavy (non-hydrogen) atoms. The van der Waals surface area contributed by atoms with Gasteiger partial charge >= 0.3 is 0 Å². The molecule has 1 aromatic carbocycles. The van der Waals surface area contributed by atoms with E-state index < -0.39 is 10.0 Å². The minimum Gasteiger partial charge on any atom is -0.468 e. The molecule has 1 aliphatic heterocycles. The molecule has 8 nitrogen and oxygen atoms in total. The van der Waals surface area contributed by atoms with Crippen LogP contribution in [-0.2, 0) is 21.3 Å². The van der Waals surface area contributed by atoms with Crippen molar-refractivity contribution in [3.05, 3.63) is 54.0 Å². The molecule has 1 aromatic heterocycles. The van der Waals surface area contributed by atoms with Gasteiger partial charge in [0.1, 0.15) is 5.76 Å². The molecule has 174 valence electrons. The Bertz CT molecular complexity index is 977. The molecule has 1 aliphatic carbocycles. The van der Waals surface area contributed by atoms with Gasteiger partial charge in [-0.15, -0.1) is 0 Å². The highest BCUT2D eigenvalue weighted by molar-refractivity contribution is 7.89. The highest BCUT2D eigenvalue weighted by atomic mass is 32.2. The van der Waals surface area contributed by atoms with Gasteiger partial charge in [-0.1, -0.05) is 19.3 Å². The van der Waals surface area contributed by atoms with E-state index in [1.807, 2.05) is 0 Å². The van der Waals surface area contributed by atoms with E-state index in [1.165, 1.54) is 37.7 Å². The van der Waals surface area contributed by atoms with Crippen molar-refractivity contribution in [2.24, 2.45) is 0 Å². The SMILES string of the molecule is O=C(NCC1(N2CCOCC2)CCCCC1)c1ccc(S(=O)(=O)NCc2ccco2)cc1. The molecule has 2 fully saturated rings. The number of morpholine rings is 1. The zero-order valence-electron chi connectivity index (χ0n) is 18.2. The van der Waals surface area contributed by atoms with Crippen molar-refractivity contribution in [1.29, 1.82) is 0 Å². The number of sulfonamides is 1. The predicted octanol–water partition coefficient (Wildman–Crippen LogP) is 2.52. The lowest BCUT2D eigenvalue weighted by atomic mass is 9.79. The van der Waals surface area contributed by atoms with Crippen LogP contribution in [0, 0.1) is 0 Å². The number of hydrogen-bond donors (Lipinski definition) is 2. The van der Waals surface area contributed by atoms with Crippen molar-refractivity contribution in [2.45, 2.75) is 49.1 Å². The zero-order valence-corrected chi connectivity index (χ0v) is 19.0. The average Bonchev–Trinajstić information content (AvgIpc) is 3.36. The predicted molar refractivity (Wildman–Crippen MR) is 120 cm³/mol. The topological polar surface area (TPSA) is 101 Å². The van der Waals surface area contributed by atoms with Gasteiger partial charge in [0.05, 0.1) is 30.9 Å². The Morgan fingerprint density at radius 3 is 2.41 bits per heavy atom. The Morgan fingerprint density at radius 1 is 1.03 bits per heavy atom. The summed E-state index contributed by atoms with van der Waals surface area (Å²) in [5.74, 6) is 0.345. The third-order valence-electron chi connectivity index (χ3n) is 6.49. The maximum Gasteiger partial charge on any atom is 0.251 e. The molecule has 2 heterocycles. The number of benzene rings is 1. The molecular formula is C23H31N3O5S. The fourth-order valence-electron chi connectivity index (χ4n) is 4.65. The molecule has 0 spiro atoms. The molecule has 0 bridgehead atoms. The molecule has 2 N–H and O–H groups in total. The van der Waals surface area contributed by atoms with Gasteiger partial charge in [0.2, 0.25) is 10.0 Å². The number of carbonyl (C=O) groups excluding carboxylic acids is 1. The summed E-state index contributed by atoms with van der Waals surface area (Å²) in [5.41, 5.74) is 0.430. The van der Waals surface area contributed by atoms with Crippen molar-refractivity contribution < 1.29 is 22.4 Å². The van der Waals surface area contributed by atoms with Crippen LogP contribution in [0.2, 0.25) is 0 Å². The quantitative estimate of drug-likeness (QED) is 0.627. The first-order valence-electron chi connectivity index (χ1n) is 11.2. The van der Waals surface area contributed by atoms with Gasteiger partial charge in [-0.05, 0) is 49.2 Å². The first kappa shape index (κ1) is 23.0. The molecule has 0 radical (unpaired) electrons. The fraction of sp³-hybridized carbons (Fsp3) is 0.522. The highest BCUT2D eigenvalue weighted by Gasteiger charge is 2.38. The summed E-state index contributed by atoms with van der Waals surface area (Å²) < 4.78 is 38.1. The minimum absolute atomic E-state index is 0.0171. The van der Waals surface area contributed by atoms with Gasteiger partial charge < -0.3 is 14.5 Å². The van der Waals surface area contributed by atoms with Gasteiger partial charge in [-0.25, -0.2) is 13.1 Å². The Kier molecular flexibility index (Phi) is 7.30. The summed E-state index contributed by atoms with van der Waals surface area (Å²) in [7, 11) is -3.69. The molecule has 0 unspecified atom stereocenters. The lowest BCUT2D eigenvalue weighted by Gasteiger charge is -2.48. The molecule has 2 aliphatic rings. The van der Waals surface area contributed by atoms with E-state index in [9.17, 15) is 13.2 Å². The first-order valence-corrected chi connectivity index (χ1v) is 12.7. The van der Waals surface area contributed by atoms with Crippen LogP contribution in [0.3, 0.4) is 0 Å². The summed E-state index contributed by atoms with van der Waals surface area (Å²) in [6.45, 7) is 3.93. The van der Waals surface area contributed by atoms with E-state index in [2.05, 4.69) is 14.9 Å². The van der Waals surface area contributed by atoms with E-state index in [1.54, 1.807) is 24.3 Å². The van der Waals surface area contributed by atoms with Crippen LogP contribution in [-0.4, -0.2) is 57.6 Å². The molecule has 1 saturated carbocycles. The lowest BCUT2D eigenvalue weighted by molar-refractivity contribution is -0.0361. The average molecular weight is 462 g/mol. The molecule has 1 amide bonds. The van der Waals surface area contributed by atoms with Crippen molar-refractivity contribution >= 4 is 15.9 Å². The Balaban J connectivity index is 1.37. The van der Waals surface area contributed by atoms with Crippen LogP contribution in [0.5, 0.6) is 0 Å². The summed E-state index contributed by atoms with van der Waals surface area (Å²) in [4.78, 5) is 15.4. The van der Waals surface area contributed by atoms with Gasteiger partial charge in [0, 0.05) is 30.7 Å². The van der Waals surface area contributed by atoms with Crippen LogP contribution >= 0.6 is 0 Å². The second-order valence-electron chi connectivity index (χ2n) is 8.50. The number of hydrogen-bond acceptors (Lipinski definition) is 6. The molecule has 2 aromatic rings. The van der Waals surface area contributed by atoms with E-state index in [0.717, 1.165) is 39.1 Å². The monoisotopic (exact) mass is 461 g/mol. The number of amides is 1. The van der Waals surface area contributed by atoms with Crippen LogP contribution in [0.1, 0.15) is 48.2 Å². The fourth-order valence-corrected chi connectivity index (χ4v) is 5.64. The third-order valence-corrected chi connectivity index (χ3v) is 7.90. The van der Waals surface area contributed by atoms with E-state index in [-0.39, 0.29) is 22.9 Å². The van der Waals surface area contributed by atoms with Crippen molar-refractivity contribution in [3.63, 3.8) is 0 Å². The van der Waals surface area contributed by atoms with E-state index >= 15 is 0 Å². The number of rotatable bonds is 8. The molecule has 4 rings (SSSR count). The van der Waals surface area contributed by atoms with Gasteiger partial charge in [-0.2, -0.15) is 0 Å². The number of carbonyl (C=O) groups is 1. The first-order chi connectivity index (χ1) is 15.5. The Labute approximate surface area is 189 Å². The van der Waals surface area contributed by atoms with Crippen LogP contribution < -0.4 is 10.0 Å². The second-order valence-corrected chi connectivity index (χ2v) is 10.3. The second kappa shape index (κ2) is 10.2. The minimum atomic E-state index is -3.69. The van der Waals surface area contributed by atoms with Crippen molar-refractivity contribution in [2.75, 3.05) is 32.8 Å². The summed E-state index contributed by atoms with van der Waals surface area (Å²) in [6, 6.07) is 9.42. The van der Waals surface area contributed by atoms with Crippen LogP contribution in [0.4, 0.5) is 0 Å². The maximum atomic E-state index is 12.8.